The summed E-state index contributed by atoms with van der Waals surface area (Å²) in [7, 11) is -4.72. The average Bonchev–Trinajstić information content (AvgIpc) is 3.40. The van der Waals surface area contributed by atoms with Crippen molar-refractivity contribution in [3.63, 3.8) is 0 Å². The first-order valence-corrected chi connectivity index (χ1v) is 17.9. The molecule has 54 heavy (non-hydrogen) atoms. The zero-order chi connectivity index (χ0) is 40.4. The van der Waals surface area contributed by atoms with Crippen LogP contribution in [0.3, 0.4) is 0 Å². The number of imide groups is 1. The number of esters is 1. The number of benzene rings is 1. The molecule has 0 radical (unpaired) electrons. The number of carbonyl (C=O) groups excluding carboxylic acids is 5. The van der Waals surface area contributed by atoms with E-state index in [-0.39, 0.29) is 56.6 Å². The minimum Gasteiger partial charge on any atom is -0.491 e. The van der Waals surface area contributed by atoms with Gasteiger partial charge >= 0.3 is 11.9 Å². The van der Waals surface area contributed by atoms with E-state index >= 15 is 0 Å². The zero-order valence-corrected chi connectivity index (χ0v) is 30.2. The second-order valence-corrected chi connectivity index (χ2v) is 14.5. The lowest BCUT2D eigenvalue weighted by Crippen LogP contribution is -2.61. The van der Waals surface area contributed by atoms with Crippen LogP contribution in [0.2, 0.25) is 0 Å². The van der Waals surface area contributed by atoms with Crippen LogP contribution in [0.1, 0.15) is 32.8 Å². The number of aliphatic carboxylic acids is 1. The van der Waals surface area contributed by atoms with Gasteiger partial charge in [0.1, 0.15) is 54.8 Å². The summed E-state index contributed by atoms with van der Waals surface area (Å²) >= 11 is 0. The van der Waals surface area contributed by atoms with Gasteiger partial charge in [0.05, 0.1) is 18.6 Å². The molecule has 1 aromatic carbocycles. The molecule has 1 saturated heterocycles. The number of aliphatic hydroxyl groups is 3. The summed E-state index contributed by atoms with van der Waals surface area (Å²) in [5, 5.41) is 44.5. The van der Waals surface area contributed by atoms with E-state index in [1.54, 1.807) is 20.8 Å². The van der Waals surface area contributed by atoms with Gasteiger partial charge in [-0.2, -0.15) is 8.42 Å². The SMILES string of the molecule is CC(C)(C)C(=O)OCc1ccc(OCCOCCNC(=O)[C@@H](CS(=O)(=O)O)NC(=O)CCN2C(=O)C=CC2=O)cc1O[C@@H]1O[C@H](C(=O)O)[C@@H](O)[C@H](O)[C@H]1O. The lowest BCUT2D eigenvalue weighted by atomic mass is 9.97. The summed E-state index contributed by atoms with van der Waals surface area (Å²) in [5.74, 6) is -6.36. The third-order valence-corrected chi connectivity index (χ3v) is 8.35. The van der Waals surface area contributed by atoms with E-state index < -0.39 is 100 Å². The Kier molecular flexibility index (Phi) is 15.4. The minimum atomic E-state index is -4.72. The highest BCUT2D eigenvalue weighted by atomic mass is 32.2. The second-order valence-electron chi connectivity index (χ2n) is 13.0. The van der Waals surface area contributed by atoms with Crippen molar-refractivity contribution in [1.82, 2.24) is 15.5 Å². The van der Waals surface area contributed by atoms with Gasteiger partial charge in [-0.05, 0) is 32.9 Å². The molecule has 0 aliphatic carbocycles. The molecule has 0 aromatic heterocycles. The molecule has 300 valence electrons. The van der Waals surface area contributed by atoms with Crippen LogP contribution in [-0.4, -0.2) is 149 Å². The molecule has 3 rings (SSSR count). The highest BCUT2D eigenvalue weighted by Gasteiger charge is 2.48. The first-order valence-electron chi connectivity index (χ1n) is 16.3. The van der Waals surface area contributed by atoms with Gasteiger partial charge < -0.3 is 54.7 Å². The third-order valence-electron chi connectivity index (χ3n) is 7.60. The molecule has 1 fully saturated rings. The Morgan fingerprint density at radius 3 is 2.26 bits per heavy atom. The van der Waals surface area contributed by atoms with Crippen molar-refractivity contribution in [2.45, 2.75) is 70.5 Å². The number of nitrogens with zero attached hydrogens (tertiary/aromatic N) is 1. The molecule has 2 aliphatic heterocycles. The van der Waals surface area contributed by atoms with Crippen molar-refractivity contribution < 1.29 is 85.8 Å². The number of amides is 4. The van der Waals surface area contributed by atoms with Crippen LogP contribution in [0, 0.1) is 5.41 Å². The largest absolute Gasteiger partial charge is 0.491 e. The van der Waals surface area contributed by atoms with Gasteiger partial charge in [-0.1, -0.05) is 0 Å². The van der Waals surface area contributed by atoms with E-state index in [1.165, 1.54) is 18.2 Å². The van der Waals surface area contributed by atoms with Crippen LogP contribution in [-0.2, 0) is 59.7 Å². The Hall–Kier alpha value is -4.71. The summed E-state index contributed by atoms with van der Waals surface area (Å²) < 4.78 is 59.5. The van der Waals surface area contributed by atoms with Gasteiger partial charge in [-0.15, -0.1) is 0 Å². The smallest absolute Gasteiger partial charge is 0.335 e. The van der Waals surface area contributed by atoms with Gasteiger partial charge in [0.2, 0.25) is 18.1 Å². The number of carbonyl (C=O) groups is 6. The molecule has 0 bridgehead atoms. The number of carboxylic acids is 1. The van der Waals surface area contributed by atoms with E-state index in [2.05, 4.69) is 10.6 Å². The summed E-state index contributed by atoms with van der Waals surface area (Å²) in [6, 6.07) is 2.53. The normalized spacial score (nSPS) is 22.1. The van der Waals surface area contributed by atoms with E-state index in [1.807, 2.05) is 0 Å². The van der Waals surface area contributed by atoms with Crippen molar-refractivity contribution in [2.75, 3.05) is 38.7 Å². The monoisotopic (exact) mass is 789 g/mol. The summed E-state index contributed by atoms with van der Waals surface area (Å²) in [4.78, 5) is 72.9. The molecule has 0 unspecified atom stereocenters. The maximum atomic E-state index is 12.6. The van der Waals surface area contributed by atoms with E-state index in [4.69, 9.17) is 23.7 Å². The fourth-order valence-electron chi connectivity index (χ4n) is 4.70. The van der Waals surface area contributed by atoms with Crippen molar-refractivity contribution in [3.05, 3.63) is 35.9 Å². The Morgan fingerprint density at radius 1 is 0.981 bits per heavy atom. The molecule has 7 N–H and O–H groups in total. The number of hydrogen-bond acceptors (Lipinski definition) is 16. The molecule has 4 amide bonds. The molecular weight excluding hydrogens is 746 g/mol. The van der Waals surface area contributed by atoms with Gasteiger partial charge in [-0.25, -0.2) is 4.79 Å². The minimum absolute atomic E-state index is 0.0557. The van der Waals surface area contributed by atoms with E-state index in [0.717, 1.165) is 17.1 Å². The molecule has 2 aliphatic rings. The highest BCUT2D eigenvalue weighted by Crippen LogP contribution is 2.31. The lowest BCUT2D eigenvalue weighted by molar-refractivity contribution is -0.271. The maximum Gasteiger partial charge on any atom is 0.335 e. The number of aliphatic hydroxyl groups excluding tert-OH is 3. The predicted octanol–water partition coefficient (Wildman–Crippen LogP) is -2.75. The van der Waals surface area contributed by atoms with Gasteiger partial charge in [0.25, 0.3) is 21.9 Å². The summed E-state index contributed by atoms with van der Waals surface area (Å²) in [6.45, 7) is 3.85. The van der Waals surface area contributed by atoms with Crippen molar-refractivity contribution in [3.8, 4) is 11.5 Å². The predicted molar refractivity (Wildman–Crippen MR) is 179 cm³/mol. The molecular formula is C32H43N3O18S. The van der Waals surface area contributed by atoms with Gasteiger partial charge in [0, 0.05) is 43.3 Å². The average molecular weight is 790 g/mol. The third kappa shape index (κ3) is 13.0. The van der Waals surface area contributed by atoms with Crippen LogP contribution >= 0.6 is 0 Å². The Labute approximate surface area is 308 Å². The Morgan fingerprint density at radius 2 is 1.65 bits per heavy atom. The zero-order valence-electron chi connectivity index (χ0n) is 29.4. The Bertz CT molecular complexity index is 1680. The van der Waals surface area contributed by atoms with Crippen molar-refractivity contribution in [1.29, 1.82) is 0 Å². The van der Waals surface area contributed by atoms with Crippen LogP contribution in [0.25, 0.3) is 0 Å². The summed E-state index contributed by atoms with van der Waals surface area (Å²) in [5.41, 5.74) is -0.603. The number of ether oxygens (including phenoxy) is 5. The topological polar surface area (TPSA) is 311 Å². The quantitative estimate of drug-likeness (QED) is 0.0323. The Balaban J connectivity index is 1.54. The maximum absolute atomic E-state index is 12.6. The molecule has 6 atom stereocenters. The number of rotatable bonds is 19. The van der Waals surface area contributed by atoms with Crippen LogP contribution < -0.4 is 20.1 Å². The molecule has 22 heteroatoms. The van der Waals surface area contributed by atoms with Crippen LogP contribution in [0.5, 0.6) is 11.5 Å². The first kappa shape index (κ1) is 43.7. The number of carboxylic acid groups (broad SMARTS) is 1. The van der Waals surface area contributed by atoms with Gasteiger partial charge in [-0.3, -0.25) is 33.4 Å². The van der Waals surface area contributed by atoms with Crippen LogP contribution in [0.15, 0.2) is 30.4 Å². The standard InChI is InChI=1S/C32H43N3O18S/c1-32(2,3)31(45)51-15-17-4-5-18(14-20(17)52-30-26(41)24(39)25(40)27(53-30)29(43)44)50-13-12-49-11-9-33-28(42)19(16-54(46,47)48)34-21(36)8-10-35-22(37)6-7-23(35)38/h4-7,14,19,24-27,30,39-41H,8-13,15-16H2,1-3H3,(H,33,42)(H,34,36)(H,43,44)(H,46,47,48)/t19-,24+,25+,26-,27+,30-/m1/s1. The highest BCUT2D eigenvalue weighted by molar-refractivity contribution is 7.85. The van der Waals surface area contributed by atoms with Crippen molar-refractivity contribution >= 4 is 45.7 Å². The molecule has 21 nitrogen and oxygen atoms in total. The number of hydrogen-bond donors (Lipinski definition) is 7. The molecule has 2 heterocycles. The first-order chi connectivity index (χ1) is 25.2. The second kappa shape index (κ2) is 19.1. The molecule has 1 aromatic rings. The van der Waals surface area contributed by atoms with Crippen molar-refractivity contribution in [2.24, 2.45) is 5.41 Å². The summed E-state index contributed by atoms with van der Waals surface area (Å²) in [6.07, 6.45) is -7.89. The fourth-order valence-corrected chi connectivity index (χ4v) is 5.36. The van der Waals surface area contributed by atoms with E-state index in [9.17, 15) is 62.2 Å². The molecule has 0 spiro atoms. The molecule has 0 saturated carbocycles. The number of nitrogens with one attached hydrogen (secondary N) is 2. The lowest BCUT2D eigenvalue weighted by Gasteiger charge is -2.38. The fraction of sp³-hybridized carbons (Fsp3) is 0.562. The van der Waals surface area contributed by atoms with Gasteiger partial charge in [0.15, 0.2) is 6.10 Å². The van der Waals surface area contributed by atoms with Crippen LogP contribution in [0.4, 0.5) is 0 Å². The van der Waals surface area contributed by atoms with E-state index in [0.29, 0.717) is 0 Å².